The first-order valence-corrected chi connectivity index (χ1v) is 8.04. The second kappa shape index (κ2) is 5.93. The van der Waals surface area contributed by atoms with Gasteiger partial charge in [-0.25, -0.2) is 4.98 Å². The number of piperazine rings is 1. The third kappa shape index (κ3) is 3.11. The Balaban J connectivity index is 1.43. The van der Waals surface area contributed by atoms with Gasteiger partial charge in [-0.1, -0.05) is 0 Å². The molecule has 20 heavy (non-hydrogen) atoms. The van der Waals surface area contributed by atoms with Crippen molar-refractivity contribution in [1.29, 1.82) is 0 Å². The molecule has 0 unspecified atom stereocenters. The fraction of sp³-hybridized carbons (Fsp3) is 0.846. The van der Waals surface area contributed by atoms with Crippen LogP contribution in [-0.2, 0) is 6.54 Å². The van der Waals surface area contributed by atoms with Crippen LogP contribution in [0.3, 0.4) is 0 Å². The molecule has 0 aliphatic carbocycles. The van der Waals surface area contributed by atoms with Crippen LogP contribution >= 0.6 is 11.5 Å². The molecule has 0 aromatic carbocycles. The van der Waals surface area contributed by atoms with Gasteiger partial charge in [-0.3, -0.25) is 9.80 Å². The highest BCUT2D eigenvalue weighted by molar-refractivity contribution is 7.09. The van der Waals surface area contributed by atoms with Crippen molar-refractivity contribution in [3.05, 3.63) is 5.82 Å². The summed E-state index contributed by atoms with van der Waals surface area (Å²) in [6.07, 6.45) is 0. The minimum absolute atomic E-state index is 0.746. The highest BCUT2D eigenvalue weighted by Gasteiger charge is 2.33. The van der Waals surface area contributed by atoms with E-state index in [-0.39, 0.29) is 0 Å². The van der Waals surface area contributed by atoms with Crippen molar-refractivity contribution in [3.8, 4) is 0 Å². The maximum atomic E-state index is 4.55. The van der Waals surface area contributed by atoms with Crippen LogP contribution in [0.1, 0.15) is 5.82 Å². The Morgan fingerprint density at radius 2 is 1.90 bits per heavy atom. The third-order valence-electron chi connectivity index (χ3n) is 4.20. The lowest BCUT2D eigenvalue weighted by Crippen LogP contribution is -2.62. The molecule has 0 saturated carbocycles. The van der Waals surface area contributed by atoms with E-state index in [9.17, 15) is 0 Å². The Labute approximate surface area is 125 Å². The zero-order chi connectivity index (χ0) is 14.1. The quantitative estimate of drug-likeness (QED) is 0.781. The van der Waals surface area contributed by atoms with Crippen LogP contribution in [0.4, 0.5) is 5.13 Å². The van der Waals surface area contributed by atoms with Crippen LogP contribution in [0.25, 0.3) is 0 Å². The van der Waals surface area contributed by atoms with Crippen LogP contribution in [0.2, 0.25) is 0 Å². The van der Waals surface area contributed by atoms with E-state index in [0.717, 1.165) is 23.5 Å². The standard InChI is InChI=1S/C13H24N6S/c1-16(2)13-14-12(15-20-13)10-18-8-11(9-18)19-6-4-17(3)5-7-19/h11H,4-10H2,1-3H3. The summed E-state index contributed by atoms with van der Waals surface area (Å²) in [6.45, 7) is 8.07. The molecule has 2 fully saturated rings. The number of aromatic nitrogens is 2. The Morgan fingerprint density at radius 1 is 1.20 bits per heavy atom. The van der Waals surface area contributed by atoms with Crippen molar-refractivity contribution >= 4 is 16.7 Å². The number of anilines is 1. The van der Waals surface area contributed by atoms with Crippen LogP contribution < -0.4 is 4.90 Å². The molecular formula is C13H24N6S. The van der Waals surface area contributed by atoms with Crippen LogP contribution in [-0.4, -0.2) is 90.5 Å². The first kappa shape index (κ1) is 14.2. The molecule has 2 saturated heterocycles. The summed E-state index contributed by atoms with van der Waals surface area (Å²) in [5.74, 6) is 0.968. The average molecular weight is 296 g/mol. The van der Waals surface area contributed by atoms with Crippen molar-refractivity contribution in [2.24, 2.45) is 0 Å². The molecule has 112 valence electrons. The number of rotatable bonds is 4. The molecule has 1 aromatic rings. The van der Waals surface area contributed by atoms with Crippen LogP contribution in [0.5, 0.6) is 0 Å². The summed E-state index contributed by atoms with van der Waals surface area (Å²) in [5, 5.41) is 0.996. The number of likely N-dealkylation sites (N-methyl/N-ethyl adjacent to an activating group) is 1. The molecule has 2 aliphatic rings. The molecule has 1 aromatic heterocycles. The molecule has 6 nitrogen and oxygen atoms in total. The van der Waals surface area contributed by atoms with Crippen LogP contribution in [0.15, 0.2) is 0 Å². The predicted molar refractivity (Wildman–Crippen MR) is 82.4 cm³/mol. The minimum Gasteiger partial charge on any atom is -0.353 e. The zero-order valence-corrected chi connectivity index (χ0v) is 13.4. The van der Waals surface area contributed by atoms with Gasteiger partial charge in [0.2, 0.25) is 5.13 Å². The molecule has 3 rings (SSSR count). The Hall–Kier alpha value is -0.760. The van der Waals surface area contributed by atoms with Crippen molar-refractivity contribution < 1.29 is 0 Å². The molecule has 3 heterocycles. The zero-order valence-electron chi connectivity index (χ0n) is 12.6. The number of hydrogen-bond acceptors (Lipinski definition) is 7. The van der Waals surface area contributed by atoms with E-state index in [2.05, 4.69) is 31.1 Å². The molecule has 0 N–H and O–H groups in total. The number of likely N-dealkylation sites (tertiary alicyclic amines) is 1. The highest BCUT2D eigenvalue weighted by atomic mass is 32.1. The molecule has 0 amide bonds. The van der Waals surface area contributed by atoms with E-state index in [4.69, 9.17) is 0 Å². The van der Waals surface area contributed by atoms with Gasteiger partial charge in [0, 0.05) is 70.9 Å². The SMILES string of the molecule is CN1CCN(C2CN(Cc3nsc(N(C)C)n3)C2)CC1. The highest BCUT2D eigenvalue weighted by Crippen LogP contribution is 2.20. The fourth-order valence-electron chi connectivity index (χ4n) is 2.78. The first-order valence-electron chi connectivity index (χ1n) is 7.26. The second-order valence-electron chi connectivity index (χ2n) is 6.07. The molecule has 0 atom stereocenters. The monoisotopic (exact) mass is 296 g/mol. The number of nitrogens with zero attached hydrogens (tertiary/aromatic N) is 6. The third-order valence-corrected chi connectivity index (χ3v) is 5.12. The number of hydrogen-bond donors (Lipinski definition) is 0. The molecule has 0 radical (unpaired) electrons. The average Bonchev–Trinajstić information content (AvgIpc) is 2.83. The van der Waals surface area contributed by atoms with E-state index in [0.29, 0.717) is 0 Å². The van der Waals surface area contributed by atoms with E-state index in [1.54, 1.807) is 0 Å². The van der Waals surface area contributed by atoms with E-state index in [1.807, 2.05) is 19.0 Å². The molecule has 7 heteroatoms. The van der Waals surface area contributed by atoms with Gasteiger partial charge >= 0.3 is 0 Å². The van der Waals surface area contributed by atoms with Gasteiger partial charge in [-0.15, -0.1) is 0 Å². The largest absolute Gasteiger partial charge is 0.353 e. The summed E-state index contributed by atoms with van der Waals surface area (Å²) >= 11 is 1.49. The van der Waals surface area contributed by atoms with Crippen molar-refractivity contribution in [3.63, 3.8) is 0 Å². The Morgan fingerprint density at radius 3 is 2.50 bits per heavy atom. The molecule has 2 aliphatic heterocycles. The maximum absolute atomic E-state index is 4.55. The summed E-state index contributed by atoms with van der Waals surface area (Å²) in [6, 6.07) is 0.746. The molecule has 0 spiro atoms. The van der Waals surface area contributed by atoms with Gasteiger partial charge < -0.3 is 9.80 Å². The van der Waals surface area contributed by atoms with Gasteiger partial charge in [0.25, 0.3) is 0 Å². The van der Waals surface area contributed by atoms with E-state index >= 15 is 0 Å². The first-order chi connectivity index (χ1) is 9.61. The normalized spacial score (nSPS) is 22.9. The Bertz CT molecular complexity index is 434. The fourth-order valence-corrected chi connectivity index (χ4v) is 3.38. The van der Waals surface area contributed by atoms with Crippen LogP contribution in [0, 0.1) is 0 Å². The lowest BCUT2D eigenvalue weighted by molar-refractivity contribution is 0.00442. The predicted octanol–water partition coefficient (Wildman–Crippen LogP) is 0.0357. The minimum atomic E-state index is 0.746. The second-order valence-corrected chi connectivity index (χ2v) is 6.81. The lowest BCUT2D eigenvalue weighted by atomic mass is 10.1. The Kier molecular flexibility index (Phi) is 4.21. The summed E-state index contributed by atoms with van der Waals surface area (Å²) < 4.78 is 4.43. The van der Waals surface area contributed by atoms with E-state index < -0.39 is 0 Å². The van der Waals surface area contributed by atoms with Gasteiger partial charge in [0.1, 0.15) is 0 Å². The van der Waals surface area contributed by atoms with Crippen molar-refractivity contribution in [2.75, 3.05) is 65.3 Å². The van der Waals surface area contributed by atoms with Crippen molar-refractivity contribution in [1.82, 2.24) is 24.1 Å². The smallest absolute Gasteiger partial charge is 0.204 e. The molecule has 0 bridgehead atoms. The lowest BCUT2D eigenvalue weighted by Gasteiger charge is -2.47. The summed E-state index contributed by atoms with van der Waals surface area (Å²) in [4.78, 5) is 14.1. The molecular weight excluding hydrogens is 272 g/mol. The summed E-state index contributed by atoms with van der Waals surface area (Å²) in [7, 11) is 6.23. The van der Waals surface area contributed by atoms with Gasteiger partial charge in [0.15, 0.2) is 5.82 Å². The van der Waals surface area contributed by atoms with E-state index in [1.165, 1.54) is 50.8 Å². The van der Waals surface area contributed by atoms with Gasteiger partial charge in [0.05, 0.1) is 6.54 Å². The van der Waals surface area contributed by atoms with Gasteiger partial charge in [-0.05, 0) is 7.05 Å². The van der Waals surface area contributed by atoms with Gasteiger partial charge in [-0.2, -0.15) is 4.37 Å². The van der Waals surface area contributed by atoms with Crippen molar-refractivity contribution in [2.45, 2.75) is 12.6 Å². The topological polar surface area (TPSA) is 38.7 Å². The maximum Gasteiger partial charge on any atom is 0.204 e. The summed E-state index contributed by atoms with van der Waals surface area (Å²) in [5.41, 5.74) is 0.